The number of aryl methyl sites for hydroxylation is 1. The number of likely N-dealkylation sites (N-methyl/N-ethyl adjacent to an activating group) is 1. The number of nitrogens with one attached hydrogen (secondary N) is 1. The Balaban J connectivity index is 1.86. The number of carbonyl (C=O) groups excluding carboxylic acids is 1. The largest absolute Gasteiger partial charge is 0.481 e. The zero-order valence-corrected chi connectivity index (χ0v) is 18.5. The third-order valence-electron chi connectivity index (χ3n) is 5.28. The van der Waals surface area contributed by atoms with Crippen molar-refractivity contribution in [2.24, 2.45) is 0 Å². The molecule has 0 saturated heterocycles. The maximum atomic E-state index is 12.9. The predicted octanol–water partition coefficient (Wildman–Crippen LogP) is 5.04. The molecule has 0 unspecified atom stereocenters. The average molecular weight is 457 g/mol. The van der Waals surface area contributed by atoms with Crippen molar-refractivity contribution >= 4 is 11.7 Å². The van der Waals surface area contributed by atoms with E-state index in [0.29, 0.717) is 31.1 Å². The molecule has 0 fully saturated rings. The number of hydrogen-bond donors (Lipinski definition) is 1. The SMILES string of the molecule is CNC(=O)[C@H](c1ccccc1)N(CCCc1ccc(C(F)(F)F)cc1)c1cccc(OC)n1. The smallest absolute Gasteiger partial charge is 0.416 e. The predicted molar refractivity (Wildman–Crippen MR) is 121 cm³/mol. The van der Waals surface area contributed by atoms with E-state index in [-0.39, 0.29) is 5.91 Å². The molecule has 0 aliphatic carbocycles. The van der Waals surface area contributed by atoms with Gasteiger partial charge >= 0.3 is 6.18 Å². The fraction of sp³-hybridized carbons (Fsp3) is 0.280. The topological polar surface area (TPSA) is 54.5 Å². The highest BCUT2D eigenvalue weighted by Crippen LogP contribution is 2.30. The maximum absolute atomic E-state index is 12.9. The maximum Gasteiger partial charge on any atom is 0.416 e. The van der Waals surface area contributed by atoms with Crippen molar-refractivity contribution in [3.63, 3.8) is 0 Å². The van der Waals surface area contributed by atoms with Crippen molar-refractivity contribution < 1.29 is 22.7 Å². The molecule has 0 radical (unpaired) electrons. The molecular formula is C25H26F3N3O2. The van der Waals surface area contributed by atoms with Crippen molar-refractivity contribution in [3.8, 4) is 5.88 Å². The van der Waals surface area contributed by atoms with Crippen LogP contribution in [0.3, 0.4) is 0 Å². The van der Waals surface area contributed by atoms with Gasteiger partial charge in [-0.1, -0.05) is 48.5 Å². The number of methoxy groups -OCH3 is 1. The van der Waals surface area contributed by atoms with Gasteiger partial charge in [0.2, 0.25) is 11.8 Å². The van der Waals surface area contributed by atoms with Gasteiger partial charge in [-0.25, -0.2) is 0 Å². The van der Waals surface area contributed by atoms with Gasteiger partial charge in [-0.2, -0.15) is 18.2 Å². The molecule has 1 N–H and O–H groups in total. The molecule has 3 aromatic rings. The van der Waals surface area contributed by atoms with Crippen LogP contribution in [-0.4, -0.2) is 31.6 Å². The third-order valence-corrected chi connectivity index (χ3v) is 5.28. The Bertz CT molecular complexity index is 1040. The van der Waals surface area contributed by atoms with E-state index >= 15 is 0 Å². The van der Waals surface area contributed by atoms with Crippen molar-refractivity contribution in [2.75, 3.05) is 25.6 Å². The van der Waals surface area contributed by atoms with Crippen LogP contribution < -0.4 is 15.0 Å². The lowest BCUT2D eigenvalue weighted by Gasteiger charge is -2.32. The minimum Gasteiger partial charge on any atom is -0.481 e. The highest BCUT2D eigenvalue weighted by atomic mass is 19.4. The molecule has 33 heavy (non-hydrogen) atoms. The van der Waals surface area contributed by atoms with Crippen LogP contribution in [0, 0.1) is 0 Å². The Kier molecular flexibility index (Phi) is 7.92. The van der Waals surface area contributed by atoms with Gasteiger partial charge in [0.1, 0.15) is 11.9 Å². The molecule has 1 atom stereocenters. The fourth-order valence-corrected chi connectivity index (χ4v) is 3.61. The first kappa shape index (κ1) is 24.1. The summed E-state index contributed by atoms with van der Waals surface area (Å²) in [5.74, 6) is 0.795. The number of pyridine rings is 1. The summed E-state index contributed by atoms with van der Waals surface area (Å²) in [5.41, 5.74) is 0.922. The Hall–Kier alpha value is -3.55. The van der Waals surface area contributed by atoms with Crippen LogP contribution in [-0.2, 0) is 17.4 Å². The molecule has 5 nitrogen and oxygen atoms in total. The van der Waals surface area contributed by atoms with Crippen LogP contribution in [0.2, 0.25) is 0 Å². The number of aromatic nitrogens is 1. The Morgan fingerprint density at radius 2 is 1.73 bits per heavy atom. The van der Waals surface area contributed by atoms with Gasteiger partial charge in [-0.05, 0) is 42.2 Å². The van der Waals surface area contributed by atoms with Crippen LogP contribution >= 0.6 is 0 Å². The number of amides is 1. The number of carbonyl (C=O) groups is 1. The van der Waals surface area contributed by atoms with Crippen LogP contribution in [0.15, 0.2) is 72.8 Å². The second-order valence-electron chi connectivity index (χ2n) is 7.46. The summed E-state index contributed by atoms with van der Waals surface area (Å²) in [6.07, 6.45) is -3.21. The molecule has 2 aromatic carbocycles. The Labute approximate surface area is 191 Å². The number of halogens is 3. The molecule has 3 rings (SSSR count). The number of rotatable bonds is 9. The Morgan fingerprint density at radius 1 is 1.03 bits per heavy atom. The van der Waals surface area contributed by atoms with E-state index in [1.165, 1.54) is 19.2 Å². The van der Waals surface area contributed by atoms with E-state index in [1.54, 1.807) is 25.2 Å². The molecule has 0 bridgehead atoms. The molecule has 1 heterocycles. The molecule has 1 amide bonds. The van der Waals surface area contributed by atoms with Gasteiger partial charge in [-0.15, -0.1) is 0 Å². The van der Waals surface area contributed by atoms with Gasteiger partial charge in [0.25, 0.3) is 0 Å². The van der Waals surface area contributed by atoms with E-state index < -0.39 is 17.8 Å². The first-order chi connectivity index (χ1) is 15.8. The number of ether oxygens (including phenoxy) is 1. The van der Waals surface area contributed by atoms with E-state index in [9.17, 15) is 18.0 Å². The summed E-state index contributed by atoms with van der Waals surface area (Å²) < 4.78 is 43.7. The van der Waals surface area contributed by atoms with E-state index in [0.717, 1.165) is 23.3 Å². The standard InChI is InChI=1S/C25H26F3N3O2/c1-29-24(32)23(19-9-4-3-5-10-19)31(21-11-6-12-22(30-21)33-2)17-7-8-18-13-15-20(16-14-18)25(26,27)28/h3-6,9-16,23H,7-8,17H2,1-2H3,(H,29,32)/t23-/m0/s1. The second-order valence-corrected chi connectivity index (χ2v) is 7.46. The molecule has 8 heteroatoms. The number of benzene rings is 2. The summed E-state index contributed by atoms with van der Waals surface area (Å²) >= 11 is 0. The zero-order valence-electron chi connectivity index (χ0n) is 18.5. The molecule has 0 saturated carbocycles. The molecule has 0 aliphatic rings. The molecule has 174 valence electrons. The minimum absolute atomic E-state index is 0.194. The minimum atomic E-state index is -4.36. The van der Waals surface area contributed by atoms with E-state index in [1.807, 2.05) is 35.2 Å². The van der Waals surface area contributed by atoms with Crippen LogP contribution in [0.1, 0.15) is 29.2 Å². The Morgan fingerprint density at radius 3 is 2.33 bits per heavy atom. The number of anilines is 1. The monoisotopic (exact) mass is 457 g/mol. The van der Waals surface area contributed by atoms with Gasteiger partial charge in [0.05, 0.1) is 12.7 Å². The van der Waals surface area contributed by atoms with Gasteiger partial charge < -0.3 is 15.0 Å². The number of nitrogens with zero attached hydrogens (tertiary/aromatic N) is 2. The summed E-state index contributed by atoms with van der Waals surface area (Å²) in [7, 11) is 3.10. The van der Waals surface area contributed by atoms with Crippen molar-refractivity contribution in [1.82, 2.24) is 10.3 Å². The summed E-state index contributed by atoms with van der Waals surface area (Å²) in [5, 5.41) is 2.72. The lowest BCUT2D eigenvalue weighted by Crippen LogP contribution is -2.40. The number of alkyl halides is 3. The highest BCUT2D eigenvalue weighted by Gasteiger charge is 2.30. The molecule has 1 aromatic heterocycles. The van der Waals surface area contributed by atoms with Crippen LogP contribution in [0.25, 0.3) is 0 Å². The van der Waals surface area contributed by atoms with Crippen molar-refractivity contribution in [1.29, 1.82) is 0 Å². The van der Waals surface area contributed by atoms with Gasteiger partial charge in [-0.3, -0.25) is 4.79 Å². The van der Waals surface area contributed by atoms with Crippen LogP contribution in [0.5, 0.6) is 5.88 Å². The first-order valence-corrected chi connectivity index (χ1v) is 10.5. The third kappa shape index (κ3) is 6.25. The van der Waals surface area contributed by atoms with Gasteiger partial charge in [0.15, 0.2) is 0 Å². The van der Waals surface area contributed by atoms with E-state index in [2.05, 4.69) is 10.3 Å². The van der Waals surface area contributed by atoms with E-state index in [4.69, 9.17) is 4.74 Å². The lowest BCUT2D eigenvalue weighted by atomic mass is 10.0. The first-order valence-electron chi connectivity index (χ1n) is 10.5. The summed E-state index contributed by atoms with van der Waals surface area (Å²) in [4.78, 5) is 19.3. The molecule has 0 spiro atoms. The number of hydrogen-bond acceptors (Lipinski definition) is 4. The van der Waals surface area contributed by atoms with Crippen molar-refractivity contribution in [2.45, 2.75) is 25.1 Å². The second kappa shape index (κ2) is 10.8. The van der Waals surface area contributed by atoms with Crippen molar-refractivity contribution in [3.05, 3.63) is 89.5 Å². The zero-order chi connectivity index (χ0) is 23.8. The fourth-order valence-electron chi connectivity index (χ4n) is 3.61. The molecule has 0 aliphatic heterocycles. The quantitative estimate of drug-likeness (QED) is 0.489. The normalized spacial score (nSPS) is 12.2. The van der Waals surface area contributed by atoms with Gasteiger partial charge in [0, 0.05) is 19.7 Å². The molecular weight excluding hydrogens is 431 g/mol. The highest BCUT2D eigenvalue weighted by molar-refractivity contribution is 5.86. The van der Waals surface area contributed by atoms with Crippen LogP contribution in [0.4, 0.5) is 19.0 Å². The average Bonchev–Trinajstić information content (AvgIpc) is 2.83. The lowest BCUT2D eigenvalue weighted by molar-refractivity contribution is -0.137. The summed E-state index contributed by atoms with van der Waals surface area (Å²) in [6.45, 7) is 0.453. The summed E-state index contributed by atoms with van der Waals surface area (Å²) in [6, 6.07) is 19.2.